The second kappa shape index (κ2) is 4.95. The van der Waals surface area contributed by atoms with Crippen LogP contribution >= 0.6 is 0 Å². The number of aromatic nitrogens is 1. The Balaban J connectivity index is 2.13. The Labute approximate surface area is 101 Å². The third-order valence-electron chi connectivity index (χ3n) is 1.91. The van der Waals surface area contributed by atoms with Gasteiger partial charge in [-0.25, -0.2) is 0 Å². The van der Waals surface area contributed by atoms with Crippen LogP contribution in [0.2, 0.25) is 0 Å². The highest BCUT2D eigenvalue weighted by atomic mass is 19.4. The molecule has 0 amide bonds. The number of halogens is 3. The molecule has 18 heavy (non-hydrogen) atoms. The molecule has 0 unspecified atom stereocenters. The molecule has 0 N–H and O–H groups in total. The molecule has 0 fully saturated rings. The van der Waals surface area contributed by atoms with Gasteiger partial charge in [-0.3, -0.25) is 4.98 Å². The van der Waals surface area contributed by atoms with Crippen LogP contribution in [-0.2, 0) is 0 Å². The summed E-state index contributed by atoms with van der Waals surface area (Å²) in [6, 6.07) is 8.59. The third-order valence-corrected chi connectivity index (χ3v) is 1.91. The van der Waals surface area contributed by atoms with Gasteiger partial charge >= 0.3 is 6.36 Å². The first-order valence-corrected chi connectivity index (χ1v) is 4.97. The van der Waals surface area contributed by atoms with E-state index in [9.17, 15) is 13.2 Å². The molecule has 0 radical (unpaired) electrons. The molecule has 1 heterocycles. The van der Waals surface area contributed by atoms with E-state index in [0.717, 1.165) is 6.07 Å². The summed E-state index contributed by atoms with van der Waals surface area (Å²) >= 11 is 0. The monoisotopic (exact) mass is 255 g/mol. The highest BCUT2D eigenvalue weighted by Crippen LogP contribution is 2.28. The van der Waals surface area contributed by atoms with Crippen LogP contribution in [0, 0.1) is 0 Å². The fourth-order valence-corrected chi connectivity index (χ4v) is 1.28. The second-order valence-corrected chi connectivity index (χ2v) is 3.31. The lowest BCUT2D eigenvalue weighted by atomic mass is 10.3. The highest BCUT2D eigenvalue weighted by Gasteiger charge is 2.31. The summed E-state index contributed by atoms with van der Waals surface area (Å²) in [6.45, 7) is 0. The molecule has 0 saturated carbocycles. The number of nitrogens with zero attached hydrogens (tertiary/aromatic N) is 1. The Morgan fingerprint density at radius 1 is 0.944 bits per heavy atom. The summed E-state index contributed by atoms with van der Waals surface area (Å²) in [4.78, 5) is 3.83. The van der Waals surface area contributed by atoms with E-state index in [4.69, 9.17) is 4.74 Å². The summed E-state index contributed by atoms with van der Waals surface area (Å²) in [7, 11) is 0. The van der Waals surface area contributed by atoms with Crippen molar-refractivity contribution in [3.63, 3.8) is 0 Å². The van der Waals surface area contributed by atoms with Gasteiger partial charge in [-0.2, -0.15) is 0 Å². The van der Waals surface area contributed by atoms with Crippen LogP contribution in [-0.4, -0.2) is 11.3 Å². The Kier molecular flexibility index (Phi) is 3.36. The zero-order chi connectivity index (χ0) is 13.0. The van der Waals surface area contributed by atoms with Gasteiger partial charge in [0.1, 0.15) is 17.2 Å². The van der Waals surface area contributed by atoms with Crippen molar-refractivity contribution in [2.45, 2.75) is 6.36 Å². The van der Waals surface area contributed by atoms with Crippen molar-refractivity contribution >= 4 is 0 Å². The molecular weight excluding hydrogens is 247 g/mol. The maximum Gasteiger partial charge on any atom is 0.573 e. The highest BCUT2D eigenvalue weighted by molar-refractivity contribution is 5.36. The van der Waals surface area contributed by atoms with Gasteiger partial charge in [-0.1, -0.05) is 6.07 Å². The number of ether oxygens (including phenoxy) is 2. The van der Waals surface area contributed by atoms with E-state index in [0.29, 0.717) is 5.75 Å². The van der Waals surface area contributed by atoms with E-state index in [-0.39, 0.29) is 11.5 Å². The molecule has 6 heteroatoms. The fourth-order valence-electron chi connectivity index (χ4n) is 1.28. The molecule has 1 aromatic heterocycles. The van der Waals surface area contributed by atoms with Crippen LogP contribution in [0.4, 0.5) is 13.2 Å². The van der Waals surface area contributed by atoms with E-state index in [1.165, 1.54) is 24.4 Å². The number of alkyl halides is 3. The van der Waals surface area contributed by atoms with Gasteiger partial charge in [0.2, 0.25) is 0 Å². The van der Waals surface area contributed by atoms with E-state index in [1.807, 2.05) is 0 Å². The summed E-state index contributed by atoms with van der Waals surface area (Å²) < 4.78 is 45.2. The third kappa shape index (κ3) is 3.65. The van der Waals surface area contributed by atoms with E-state index >= 15 is 0 Å². The van der Waals surface area contributed by atoms with Crippen LogP contribution in [0.3, 0.4) is 0 Å². The van der Waals surface area contributed by atoms with Crippen LogP contribution < -0.4 is 9.47 Å². The maximum atomic E-state index is 12.0. The van der Waals surface area contributed by atoms with Crippen LogP contribution in [0.15, 0.2) is 48.8 Å². The summed E-state index contributed by atoms with van der Waals surface area (Å²) in [5, 5.41) is 0. The summed E-state index contributed by atoms with van der Waals surface area (Å²) in [5.41, 5.74) is 0. The molecule has 1 aromatic carbocycles. The number of pyridine rings is 1. The standard InChI is InChI=1S/C12H8F3NO2/c13-12(14,15)18-10-4-1-3-9(7-10)17-11-5-2-6-16-8-11/h1-8H. The normalized spacial score (nSPS) is 11.1. The number of rotatable bonds is 3. The van der Waals surface area contributed by atoms with Crippen molar-refractivity contribution in [1.29, 1.82) is 0 Å². The van der Waals surface area contributed by atoms with Crippen LogP contribution in [0.25, 0.3) is 0 Å². The van der Waals surface area contributed by atoms with Crippen molar-refractivity contribution in [3.8, 4) is 17.2 Å². The summed E-state index contributed by atoms with van der Waals surface area (Å²) in [5.74, 6) is 0.343. The molecule has 0 aliphatic heterocycles. The van der Waals surface area contributed by atoms with E-state index in [2.05, 4.69) is 9.72 Å². The van der Waals surface area contributed by atoms with Gasteiger partial charge in [0.15, 0.2) is 0 Å². The minimum Gasteiger partial charge on any atom is -0.456 e. The van der Waals surface area contributed by atoms with Gasteiger partial charge in [-0.15, -0.1) is 13.2 Å². The predicted octanol–water partition coefficient (Wildman–Crippen LogP) is 3.77. The smallest absolute Gasteiger partial charge is 0.456 e. The van der Waals surface area contributed by atoms with E-state index < -0.39 is 6.36 Å². The molecule has 3 nitrogen and oxygen atoms in total. The molecule has 0 saturated heterocycles. The molecule has 2 aromatic rings. The summed E-state index contributed by atoms with van der Waals surface area (Å²) in [6.07, 6.45) is -1.69. The Morgan fingerprint density at radius 2 is 1.67 bits per heavy atom. The van der Waals surface area contributed by atoms with Gasteiger partial charge in [-0.05, 0) is 24.3 Å². The van der Waals surface area contributed by atoms with Gasteiger partial charge < -0.3 is 9.47 Å². The first-order chi connectivity index (χ1) is 8.53. The Morgan fingerprint density at radius 3 is 2.33 bits per heavy atom. The average molecular weight is 255 g/mol. The van der Waals surface area contributed by atoms with Crippen molar-refractivity contribution < 1.29 is 22.6 Å². The quantitative estimate of drug-likeness (QED) is 0.836. The van der Waals surface area contributed by atoms with Gasteiger partial charge in [0.05, 0.1) is 6.20 Å². The number of hydrogen-bond acceptors (Lipinski definition) is 3. The first-order valence-electron chi connectivity index (χ1n) is 4.97. The molecule has 0 spiro atoms. The predicted molar refractivity (Wildman–Crippen MR) is 57.4 cm³/mol. The molecule has 0 atom stereocenters. The number of benzene rings is 1. The average Bonchev–Trinajstić information content (AvgIpc) is 2.28. The lowest BCUT2D eigenvalue weighted by molar-refractivity contribution is -0.274. The van der Waals surface area contributed by atoms with Gasteiger partial charge in [0.25, 0.3) is 0 Å². The molecule has 0 aliphatic carbocycles. The first kappa shape index (κ1) is 12.2. The SMILES string of the molecule is FC(F)(F)Oc1cccc(Oc2cccnc2)c1. The van der Waals surface area contributed by atoms with Crippen molar-refractivity contribution in [2.75, 3.05) is 0 Å². The minimum atomic E-state index is -4.72. The van der Waals surface area contributed by atoms with Crippen molar-refractivity contribution in [2.24, 2.45) is 0 Å². The maximum absolute atomic E-state index is 12.0. The lowest BCUT2D eigenvalue weighted by Gasteiger charge is -2.10. The van der Waals surface area contributed by atoms with Gasteiger partial charge in [0, 0.05) is 12.3 Å². The van der Waals surface area contributed by atoms with E-state index in [1.54, 1.807) is 18.3 Å². The van der Waals surface area contributed by atoms with Crippen LogP contribution in [0.1, 0.15) is 0 Å². The zero-order valence-electron chi connectivity index (χ0n) is 9.02. The molecule has 0 bridgehead atoms. The largest absolute Gasteiger partial charge is 0.573 e. The topological polar surface area (TPSA) is 31.4 Å². The molecule has 94 valence electrons. The van der Waals surface area contributed by atoms with Crippen LogP contribution in [0.5, 0.6) is 17.2 Å². The second-order valence-electron chi connectivity index (χ2n) is 3.31. The Bertz CT molecular complexity index is 514. The number of hydrogen-bond donors (Lipinski definition) is 0. The lowest BCUT2D eigenvalue weighted by Crippen LogP contribution is -2.16. The minimum absolute atomic E-state index is 0.241. The molecule has 0 aliphatic rings. The molecular formula is C12H8F3NO2. The Hall–Kier alpha value is -2.24. The van der Waals surface area contributed by atoms with Crippen molar-refractivity contribution in [1.82, 2.24) is 4.98 Å². The zero-order valence-corrected chi connectivity index (χ0v) is 9.02. The molecule has 2 rings (SSSR count). The van der Waals surface area contributed by atoms with Crippen molar-refractivity contribution in [3.05, 3.63) is 48.8 Å². The fraction of sp³-hybridized carbons (Fsp3) is 0.0833.